The molecule has 1 aromatic heterocycles. The third-order valence-electron chi connectivity index (χ3n) is 5.70. The van der Waals surface area contributed by atoms with E-state index < -0.39 is 11.7 Å². The van der Waals surface area contributed by atoms with Gasteiger partial charge in [0.15, 0.2) is 0 Å². The molecule has 6 heteroatoms. The van der Waals surface area contributed by atoms with E-state index in [1.807, 2.05) is 6.07 Å². The summed E-state index contributed by atoms with van der Waals surface area (Å²) in [6.45, 7) is 0.931. The van der Waals surface area contributed by atoms with Crippen molar-refractivity contribution in [3.8, 4) is 0 Å². The Hall–Kier alpha value is -1.98. The Labute approximate surface area is 157 Å². The fourth-order valence-electron chi connectivity index (χ4n) is 4.49. The molecule has 2 N–H and O–H groups in total. The van der Waals surface area contributed by atoms with E-state index in [-0.39, 0.29) is 16.6 Å². The largest absolute Gasteiger partial charge is 0.366 e. The van der Waals surface area contributed by atoms with Gasteiger partial charge in [0.2, 0.25) is 0 Å². The fraction of sp³-hybridized carbons (Fsp3) is 0.400. The minimum Gasteiger partial charge on any atom is -0.366 e. The molecule has 0 aliphatic carbocycles. The molecule has 4 rings (SSSR count). The van der Waals surface area contributed by atoms with Gasteiger partial charge in [0.05, 0.1) is 11.3 Å². The van der Waals surface area contributed by atoms with Gasteiger partial charge in [-0.05, 0) is 37.3 Å². The maximum absolute atomic E-state index is 14.6. The van der Waals surface area contributed by atoms with Gasteiger partial charge in [-0.1, -0.05) is 41.9 Å². The van der Waals surface area contributed by atoms with Gasteiger partial charge < -0.3 is 5.73 Å². The zero-order chi connectivity index (χ0) is 18.3. The molecule has 3 heterocycles. The number of carbonyl (C=O) groups is 1. The van der Waals surface area contributed by atoms with E-state index in [0.717, 1.165) is 38.3 Å². The Morgan fingerprint density at radius 3 is 2.50 bits per heavy atom. The average molecular weight is 374 g/mol. The van der Waals surface area contributed by atoms with Crippen LogP contribution in [0.2, 0.25) is 5.15 Å². The fourth-order valence-corrected chi connectivity index (χ4v) is 4.73. The zero-order valence-electron chi connectivity index (χ0n) is 14.4. The number of nitrogens with two attached hydrogens (primary N) is 1. The highest BCUT2D eigenvalue weighted by atomic mass is 35.5. The van der Waals surface area contributed by atoms with Crippen LogP contribution in [0.25, 0.3) is 0 Å². The minimum atomic E-state index is -0.759. The normalized spacial score (nSPS) is 25.4. The molecule has 2 saturated heterocycles. The number of amides is 1. The smallest absolute Gasteiger partial charge is 0.251 e. The lowest BCUT2D eigenvalue weighted by Crippen LogP contribution is -2.42. The SMILES string of the molecule is NC(=O)c1cc(F)c(C2CC3CCC(C2)N3Cc2ccccc2)nc1Cl. The molecule has 4 nitrogen and oxygen atoms in total. The first-order valence-corrected chi connectivity index (χ1v) is 9.36. The average Bonchev–Trinajstić information content (AvgIpc) is 2.86. The Bertz CT molecular complexity index is 815. The molecule has 0 spiro atoms. The van der Waals surface area contributed by atoms with Crippen LogP contribution in [0.1, 0.15) is 53.2 Å². The van der Waals surface area contributed by atoms with Gasteiger partial charge in [-0.2, -0.15) is 0 Å². The second kappa shape index (κ2) is 6.97. The predicted molar refractivity (Wildman–Crippen MR) is 98.5 cm³/mol. The summed E-state index contributed by atoms with van der Waals surface area (Å²) in [6.07, 6.45) is 3.98. The van der Waals surface area contributed by atoms with Crippen LogP contribution < -0.4 is 5.73 Å². The van der Waals surface area contributed by atoms with Crippen molar-refractivity contribution in [2.45, 2.75) is 50.2 Å². The zero-order valence-corrected chi connectivity index (χ0v) is 15.1. The number of aromatic nitrogens is 1. The van der Waals surface area contributed by atoms with Gasteiger partial charge in [-0.25, -0.2) is 9.37 Å². The number of piperidine rings is 1. The molecule has 1 amide bonds. The molecule has 2 aromatic rings. The molecule has 136 valence electrons. The summed E-state index contributed by atoms with van der Waals surface area (Å²) >= 11 is 6.05. The summed E-state index contributed by atoms with van der Waals surface area (Å²) in [6, 6.07) is 12.4. The lowest BCUT2D eigenvalue weighted by molar-refractivity contribution is 0.0999. The number of nitrogens with zero attached hydrogens (tertiary/aromatic N) is 2. The van der Waals surface area contributed by atoms with Crippen molar-refractivity contribution in [2.75, 3.05) is 0 Å². The van der Waals surface area contributed by atoms with E-state index in [1.165, 1.54) is 5.56 Å². The number of hydrogen-bond donors (Lipinski definition) is 1. The molecule has 2 atom stereocenters. The molecule has 0 radical (unpaired) electrons. The van der Waals surface area contributed by atoms with E-state index in [9.17, 15) is 9.18 Å². The quantitative estimate of drug-likeness (QED) is 0.827. The van der Waals surface area contributed by atoms with Crippen LogP contribution in [0.3, 0.4) is 0 Å². The van der Waals surface area contributed by atoms with E-state index in [1.54, 1.807) is 0 Å². The van der Waals surface area contributed by atoms with Crippen LogP contribution in [-0.2, 0) is 6.54 Å². The van der Waals surface area contributed by atoms with Gasteiger partial charge in [0, 0.05) is 24.5 Å². The number of pyridine rings is 1. The lowest BCUT2D eigenvalue weighted by Gasteiger charge is -2.39. The maximum Gasteiger partial charge on any atom is 0.251 e. The van der Waals surface area contributed by atoms with Crippen molar-refractivity contribution in [3.05, 3.63) is 64.2 Å². The number of hydrogen-bond acceptors (Lipinski definition) is 3. The van der Waals surface area contributed by atoms with Crippen LogP contribution in [0.4, 0.5) is 4.39 Å². The third kappa shape index (κ3) is 3.21. The first-order chi connectivity index (χ1) is 12.5. The molecule has 26 heavy (non-hydrogen) atoms. The van der Waals surface area contributed by atoms with Crippen LogP contribution in [-0.4, -0.2) is 27.9 Å². The number of primary amides is 1. The number of fused-ring (bicyclic) bond motifs is 2. The molecule has 2 unspecified atom stereocenters. The lowest BCUT2D eigenvalue weighted by atomic mass is 9.87. The minimum absolute atomic E-state index is 0.00652. The predicted octanol–water partition coefficient (Wildman–Crippen LogP) is 3.88. The Morgan fingerprint density at radius 1 is 1.23 bits per heavy atom. The second-order valence-electron chi connectivity index (χ2n) is 7.27. The van der Waals surface area contributed by atoms with Crippen molar-refractivity contribution in [1.82, 2.24) is 9.88 Å². The Balaban J connectivity index is 1.54. The maximum atomic E-state index is 14.6. The van der Waals surface area contributed by atoms with Crippen molar-refractivity contribution in [1.29, 1.82) is 0 Å². The molecule has 2 aliphatic rings. The topological polar surface area (TPSA) is 59.2 Å². The van der Waals surface area contributed by atoms with E-state index >= 15 is 0 Å². The van der Waals surface area contributed by atoms with Gasteiger partial charge >= 0.3 is 0 Å². The second-order valence-corrected chi connectivity index (χ2v) is 7.63. The molecule has 2 bridgehead atoms. The van der Waals surface area contributed by atoms with E-state index in [0.29, 0.717) is 17.8 Å². The van der Waals surface area contributed by atoms with Crippen LogP contribution >= 0.6 is 11.6 Å². The highest BCUT2D eigenvalue weighted by Gasteiger charge is 2.42. The monoisotopic (exact) mass is 373 g/mol. The Kier molecular flexibility index (Phi) is 4.67. The molecule has 0 saturated carbocycles. The van der Waals surface area contributed by atoms with Crippen molar-refractivity contribution < 1.29 is 9.18 Å². The summed E-state index contributed by atoms with van der Waals surface area (Å²) in [5.74, 6) is -1.21. The first-order valence-electron chi connectivity index (χ1n) is 8.98. The summed E-state index contributed by atoms with van der Waals surface area (Å²) in [7, 11) is 0. The van der Waals surface area contributed by atoms with Crippen LogP contribution in [0.15, 0.2) is 36.4 Å². The van der Waals surface area contributed by atoms with Gasteiger partial charge in [-0.3, -0.25) is 9.69 Å². The highest BCUT2D eigenvalue weighted by Crippen LogP contribution is 2.44. The Morgan fingerprint density at radius 2 is 1.88 bits per heavy atom. The molecule has 1 aromatic carbocycles. The van der Waals surface area contributed by atoms with Crippen LogP contribution in [0.5, 0.6) is 0 Å². The first kappa shape index (κ1) is 17.4. The van der Waals surface area contributed by atoms with Gasteiger partial charge in [0.1, 0.15) is 11.0 Å². The van der Waals surface area contributed by atoms with E-state index in [2.05, 4.69) is 34.1 Å². The molecule has 2 aliphatic heterocycles. The van der Waals surface area contributed by atoms with Gasteiger partial charge in [0.25, 0.3) is 5.91 Å². The van der Waals surface area contributed by atoms with Crippen molar-refractivity contribution >= 4 is 17.5 Å². The van der Waals surface area contributed by atoms with E-state index in [4.69, 9.17) is 17.3 Å². The van der Waals surface area contributed by atoms with Crippen LogP contribution in [0, 0.1) is 5.82 Å². The highest BCUT2D eigenvalue weighted by molar-refractivity contribution is 6.32. The summed E-state index contributed by atoms with van der Waals surface area (Å²) < 4.78 is 14.6. The number of halogens is 2. The summed E-state index contributed by atoms with van der Waals surface area (Å²) in [5, 5.41) is -0.00652. The summed E-state index contributed by atoms with van der Waals surface area (Å²) in [5.41, 5.74) is 6.84. The summed E-state index contributed by atoms with van der Waals surface area (Å²) in [4.78, 5) is 18.1. The third-order valence-corrected chi connectivity index (χ3v) is 5.99. The van der Waals surface area contributed by atoms with Crippen molar-refractivity contribution in [3.63, 3.8) is 0 Å². The van der Waals surface area contributed by atoms with Crippen molar-refractivity contribution in [2.24, 2.45) is 5.73 Å². The number of carbonyl (C=O) groups excluding carboxylic acids is 1. The number of benzene rings is 1. The molecular weight excluding hydrogens is 353 g/mol. The number of rotatable bonds is 4. The molecule has 2 fully saturated rings. The van der Waals surface area contributed by atoms with Gasteiger partial charge in [-0.15, -0.1) is 0 Å². The molecular formula is C20H21ClFN3O. The standard InChI is InChI=1S/C20H21ClFN3O/c21-19-16(20(23)26)10-17(22)18(24-19)13-8-14-6-7-15(9-13)25(14)11-12-4-2-1-3-5-12/h1-5,10,13-15H,6-9,11H2,(H2,23,26).